The van der Waals surface area contributed by atoms with E-state index in [4.69, 9.17) is 16.3 Å². The summed E-state index contributed by atoms with van der Waals surface area (Å²) in [5.41, 5.74) is 0.451. The first-order valence-electron chi connectivity index (χ1n) is 7.00. The minimum atomic E-state index is -0.666. The fraction of sp³-hybridized carbons (Fsp3) is 0.333. The Morgan fingerprint density at radius 2 is 1.87 bits per heavy atom. The number of amides is 3. The molecule has 0 atom stereocenters. The van der Waals surface area contributed by atoms with Gasteiger partial charge in [-0.15, -0.1) is 0 Å². The molecule has 1 heterocycles. The molecule has 1 aromatic carbocycles. The fourth-order valence-corrected chi connectivity index (χ4v) is 2.12. The molecule has 7 nitrogen and oxygen atoms in total. The van der Waals surface area contributed by atoms with Crippen molar-refractivity contribution in [2.75, 3.05) is 19.7 Å². The van der Waals surface area contributed by atoms with E-state index in [-0.39, 0.29) is 25.2 Å². The lowest BCUT2D eigenvalue weighted by atomic mass is 10.1. The summed E-state index contributed by atoms with van der Waals surface area (Å²) in [6, 6.07) is 5.83. The number of Topliss-reactive ketones (excluding diaryl/α,β-unsaturated/α-hetero) is 1. The zero-order chi connectivity index (χ0) is 16.8. The van der Waals surface area contributed by atoms with E-state index >= 15 is 0 Å². The molecule has 0 aliphatic carbocycles. The first-order chi connectivity index (χ1) is 11.0. The number of carbonyl (C=O) groups is 4. The lowest BCUT2D eigenvalue weighted by molar-refractivity contribution is -0.150. The first-order valence-corrected chi connectivity index (χ1v) is 7.38. The molecule has 2 rings (SSSR count). The van der Waals surface area contributed by atoms with Crippen LogP contribution < -0.4 is 5.32 Å². The molecule has 1 N–H and O–H groups in total. The number of carbonyl (C=O) groups excluding carboxylic acids is 4. The van der Waals surface area contributed by atoms with Crippen molar-refractivity contribution in [3.63, 3.8) is 0 Å². The number of halogens is 1. The number of esters is 1. The quantitative estimate of drug-likeness (QED) is 0.625. The Morgan fingerprint density at radius 1 is 1.17 bits per heavy atom. The van der Waals surface area contributed by atoms with Gasteiger partial charge in [0.25, 0.3) is 5.91 Å². The molecule has 1 fully saturated rings. The van der Waals surface area contributed by atoms with Crippen LogP contribution in [0.25, 0.3) is 0 Å². The Morgan fingerprint density at radius 3 is 2.48 bits per heavy atom. The topological polar surface area (TPSA) is 92.8 Å². The van der Waals surface area contributed by atoms with Crippen molar-refractivity contribution < 1.29 is 23.9 Å². The van der Waals surface area contributed by atoms with E-state index in [0.29, 0.717) is 17.1 Å². The van der Waals surface area contributed by atoms with Crippen molar-refractivity contribution in [2.45, 2.75) is 12.8 Å². The summed E-state index contributed by atoms with van der Waals surface area (Å²) in [6.07, 6.45) is -0.167. The van der Waals surface area contributed by atoms with E-state index in [1.165, 1.54) is 0 Å². The fourth-order valence-electron chi connectivity index (χ4n) is 2.00. The Hall–Kier alpha value is -2.41. The van der Waals surface area contributed by atoms with E-state index in [0.717, 1.165) is 4.90 Å². The van der Waals surface area contributed by atoms with Gasteiger partial charge < -0.3 is 10.1 Å². The molecule has 8 heteroatoms. The molecule has 1 aromatic rings. The van der Waals surface area contributed by atoms with Crippen molar-refractivity contribution >= 4 is 35.3 Å². The van der Waals surface area contributed by atoms with E-state index in [9.17, 15) is 19.2 Å². The minimum Gasteiger partial charge on any atom is -0.456 e. The summed E-state index contributed by atoms with van der Waals surface area (Å²) in [6.45, 7) is 0.125. The molecular formula is C15H15ClN2O5. The maximum atomic E-state index is 11.9. The number of imide groups is 1. The maximum absolute atomic E-state index is 11.9. The third kappa shape index (κ3) is 4.79. The highest BCUT2D eigenvalue weighted by atomic mass is 35.5. The van der Waals surface area contributed by atoms with Crippen LogP contribution in [-0.4, -0.2) is 48.3 Å². The number of nitrogens with zero attached hydrogens (tertiary/aromatic N) is 1. The molecule has 122 valence electrons. The molecule has 0 radical (unpaired) electrons. The number of rotatable bonds is 6. The van der Waals surface area contributed by atoms with Crippen LogP contribution in [0.4, 0.5) is 4.79 Å². The highest BCUT2D eigenvalue weighted by Crippen LogP contribution is 2.12. The second-order valence-electron chi connectivity index (χ2n) is 4.87. The minimum absolute atomic E-state index is 0.0289. The average Bonchev–Trinajstić information content (AvgIpc) is 2.97. The Labute approximate surface area is 137 Å². The summed E-state index contributed by atoms with van der Waals surface area (Å²) in [7, 11) is 0. The van der Waals surface area contributed by atoms with Crippen LogP contribution in [0.1, 0.15) is 23.2 Å². The molecule has 1 saturated heterocycles. The summed E-state index contributed by atoms with van der Waals surface area (Å²) in [5, 5.41) is 2.99. The molecule has 0 aromatic heterocycles. The van der Waals surface area contributed by atoms with Crippen LogP contribution in [0.2, 0.25) is 5.02 Å². The largest absolute Gasteiger partial charge is 0.456 e. The second kappa shape index (κ2) is 7.73. The van der Waals surface area contributed by atoms with Crippen LogP contribution >= 0.6 is 11.6 Å². The van der Waals surface area contributed by atoms with Gasteiger partial charge in [-0.1, -0.05) is 11.6 Å². The third-order valence-electron chi connectivity index (χ3n) is 3.24. The van der Waals surface area contributed by atoms with E-state index in [2.05, 4.69) is 5.32 Å². The molecule has 0 spiro atoms. The number of hydrogen-bond donors (Lipinski definition) is 1. The molecule has 23 heavy (non-hydrogen) atoms. The average molecular weight is 339 g/mol. The lowest BCUT2D eigenvalue weighted by Crippen LogP contribution is -2.37. The molecule has 3 amide bonds. The number of urea groups is 1. The normalized spacial score (nSPS) is 13.6. The molecule has 0 unspecified atom stereocenters. The number of benzene rings is 1. The molecule has 1 aliphatic rings. The van der Waals surface area contributed by atoms with Crippen LogP contribution in [0.3, 0.4) is 0 Å². The van der Waals surface area contributed by atoms with Crippen molar-refractivity contribution in [2.24, 2.45) is 0 Å². The Balaban J connectivity index is 1.72. The maximum Gasteiger partial charge on any atom is 0.324 e. The lowest BCUT2D eigenvalue weighted by Gasteiger charge is -2.12. The van der Waals surface area contributed by atoms with Gasteiger partial charge in [0, 0.05) is 30.1 Å². The Bertz CT molecular complexity index is 629. The van der Waals surface area contributed by atoms with Gasteiger partial charge in [0.15, 0.2) is 12.4 Å². The number of nitrogens with one attached hydrogen (secondary N) is 1. The smallest absolute Gasteiger partial charge is 0.324 e. The van der Waals surface area contributed by atoms with E-state index in [1.807, 2.05) is 0 Å². The van der Waals surface area contributed by atoms with Gasteiger partial charge in [-0.05, 0) is 24.3 Å². The predicted molar refractivity (Wildman–Crippen MR) is 81.1 cm³/mol. The SMILES string of the molecule is O=C(CCC(=O)c1ccc(Cl)cc1)OCC(=O)N1CCNC1=O. The molecule has 1 aliphatic heterocycles. The van der Waals surface area contributed by atoms with E-state index < -0.39 is 24.5 Å². The van der Waals surface area contributed by atoms with Crippen LogP contribution in [0.5, 0.6) is 0 Å². The zero-order valence-corrected chi connectivity index (χ0v) is 13.0. The van der Waals surface area contributed by atoms with Gasteiger partial charge in [-0.2, -0.15) is 0 Å². The Kier molecular flexibility index (Phi) is 5.70. The van der Waals surface area contributed by atoms with Crippen LogP contribution in [-0.2, 0) is 14.3 Å². The predicted octanol–water partition coefficient (Wildman–Crippen LogP) is 1.40. The van der Waals surface area contributed by atoms with Crippen molar-refractivity contribution in [1.82, 2.24) is 10.2 Å². The summed E-state index contributed by atoms with van der Waals surface area (Å²) in [5.74, 6) is -1.47. The number of ether oxygens (including phenoxy) is 1. The zero-order valence-electron chi connectivity index (χ0n) is 12.2. The second-order valence-corrected chi connectivity index (χ2v) is 5.30. The summed E-state index contributed by atoms with van der Waals surface area (Å²) < 4.78 is 4.79. The molecule has 0 saturated carbocycles. The van der Waals surface area contributed by atoms with Gasteiger partial charge in [-0.3, -0.25) is 19.3 Å². The van der Waals surface area contributed by atoms with E-state index in [1.54, 1.807) is 24.3 Å². The van der Waals surface area contributed by atoms with Crippen molar-refractivity contribution in [3.8, 4) is 0 Å². The molecular weight excluding hydrogens is 324 g/mol. The van der Waals surface area contributed by atoms with Gasteiger partial charge in [-0.25, -0.2) is 4.79 Å². The van der Waals surface area contributed by atoms with Gasteiger partial charge in [0.1, 0.15) is 0 Å². The highest BCUT2D eigenvalue weighted by molar-refractivity contribution is 6.30. The number of ketones is 1. The van der Waals surface area contributed by atoms with Gasteiger partial charge in [0.2, 0.25) is 0 Å². The van der Waals surface area contributed by atoms with Gasteiger partial charge >= 0.3 is 12.0 Å². The first kappa shape index (κ1) is 17.0. The standard InChI is InChI=1S/C15H15ClN2O5/c16-11-3-1-10(2-4-11)12(19)5-6-14(21)23-9-13(20)18-8-7-17-15(18)22/h1-4H,5-9H2,(H,17,22). The van der Waals surface area contributed by atoms with Crippen molar-refractivity contribution in [3.05, 3.63) is 34.9 Å². The summed E-state index contributed by atoms with van der Waals surface area (Å²) >= 11 is 5.73. The van der Waals surface area contributed by atoms with Gasteiger partial charge in [0.05, 0.1) is 6.42 Å². The summed E-state index contributed by atoms with van der Waals surface area (Å²) in [4.78, 5) is 47.3. The number of hydrogen-bond acceptors (Lipinski definition) is 5. The molecule has 0 bridgehead atoms. The third-order valence-corrected chi connectivity index (χ3v) is 3.49. The van der Waals surface area contributed by atoms with Crippen LogP contribution in [0, 0.1) is 0 Å². The van der Waals surface area contributed by atoms with Crippen molar-refractivity contribution in [1.29, 1.82) is 0 Å². The van der Waals surface area contributed by atoms with Crippen LogP contribution in [0.15, 0.2) is 24.3 Å². The highest BCUT2D eigenvalue weighted by Gasteiger charge is 2.26. The monoisotopic (exact) mass is 338 g/mol.